The van der Waals surface area contributed by atoms with Crippen molar-refractivity contribution in [1.82, 2.24) is 9.88 Å². The van der Waals surface area contributed by atoms with Gasteiger partial charge in [-0.05, 0) is 27.6 Å². The average Bonchev–Trinajstić information content (AvgIpc) is 2.17. The molecule has 1 aromatic rings. The minimum absolute atomic E-state index is 0.0538. The smallest absolute Gasteiger partial charge is 0.334 e. The molecule has 1 fully saturated rings. The summed E-state index contributed by atoms with van der Waals surface area (Å²) in [5.74, 6) is -1.82. The van der Waals surface area contributed by atoms with Crippen LogP contribution in [0, 0.1) is 0 Å². The lowest BCUT2D eigenvalue weighted by Crippen LogP contribution is -2.53. The molecule has 0 spiro atoms. The number of nitrogens with zero attached hydrogens (tertiary/aromatic N) is 2. The summed E-state index contributed by atoms with van der Waals surface area (Å²) < 4.78 is 36.9. The molecule has 1 aliphatic heterocycles. The van der Waals surface area contributed by atoms with Gasteiger partial charge in [0.05, 0.1) is 0 Å². The van der Waals surface area contributed by atoms with Gasteiger partial charge in [0.15, 0.2) is 0 Å². The van der Waals surface area contributed by atoms with Crippen molar-refractivity contribution in [2.24, 2.45) is 0 Å². The predicted octanol–water partition coefficient (Wildman–Crippen LogP) is 2.33. The maximum Gasteiger partial charge on any atom is 0.471 e. The number of aromatic nitrogens is 1. The number of hydrogen-bond donors (Lipinski definition) is 0. The van der Waals surface area contributed by atoms with E-state index in [-0.39, 0.29) is 19.0 Å². The Bertz CT molecular complexity index is 426. The molecule has 1 aromatic heterocycles. The highest BCUT2D eigenvalue weighted by Gasteiger charge is 2.46. The average molecular weight is 309 g/mol. The molecule has 7 heteroatoms. The number of amides is 1. The summed E-state index contributed by atoms with van der Waals surface area (Å²) in [7, 11) is 0. The number of carbonyl (C=O) groups excluding carboxylic acids is 1. The SMILES string of the molecule is O=C(N1CC(c2ccc(Br)nc2)C1)C(F)(F)F. The van der Waals surface area contributed by atoms with E-state index in [4.69, 9.17) is 0 Å². The second kappa shape index (κ2) is 4.29. The molecule has 1 amide bonds. The van der Waals surface area contributed by atoms with E-state index in [2.05, 4.69) is 20.9 Å². The Morgan fingerprint density at radius 3 is 2.53 bits per heavy atom. The van der Waals surface area contributed by atoms with E-state index in [0.717, 1.165) is 10.5 Å². The van der Waals surface area contributed by atoms with E-state index < -0.39 is 12.1 Å². The third kappa shape index (κ3) is 2.59. The third-order valence-corrected chi connectivity index (χ3v) is 3.10. The lowest BCUT2D eigenvalue weighted by molar-refractivity contribution is -0.189. The van der Waals surface area contributed by atoms with Gasteiger partial charge in [0.2, 0.25) is 0 Å². The molecule has 0 atom stereocenters. The van der Waals surface area contributed by atoms with Gasteiger partial charge in [-0.2, -0.15) is 13.2 Å². The second-order valence-electron chi connectivity index (χ2n) is 3.82. The molecule has 1 aliphatic rings. The Kier molecular flexibility index (Phi) is 3.11. The molecule has 0 saturated carbocycles. The van der Waals surface area contributed by atoms with Crippen LogP contribution in [0.4, 0.5) is 13.2 Å². The van der Waals surface area contributed by atoms with Crippen molar-refractivity contribution >= 4 is 21.8 Å². The minimum Gasteiger partial charge on any atom is -0.334 e. The lowest BCUT2D eigenvalue weighted by Gasteiger charge is -2.39. The first kappa shape index (κ1) is 12.3. The highest BCUT2D eigenvalue weighted by molar-refractivity contribution is 9.10. The van der Waals surface area contributed by atoms with Crippen LogP contribution in [0.15, 0.2) is 22.9 Å². The first-order valence-electron chi connectivity index (χ1n) is 4.85. The molecule has 17 heavy (non-hydrogen) atoms. The zero-order valence-electron chi connectivity index (χ0n) is 8.54. The number of pyridine rings is 1. The normalized spacial score (nSPS) is 16.8. The first-order valence-corrected chi connectivity index (χ1v) is 5.65. The molecule has 3 nitrogen and oxygen atoms in total. The Morgan fingerprint density at radius 2 is 2.06 bits per heavy atom. The number of alkyl halides is 3. The molecule has 2 heterocycles. The van der Waals surface area contributed by atoms with Gasteiger partial charge < -0.3 is 4.90 Å². The molecule has 92 valence electrons. The van der Waals surface area contributed by atoms with Crippen LogP contribution in [0.25, 0.3) is 0 Å². The Labute approximate surface area is 104 Å². The van der Waals surface area contributed by atoms with E-state index in [1.54, 1.807) is 18.3 Å². The van der Waals surface area contributed by atoms with E-state index in [1.807, 2.05) is 0 Å². The van der Waals surface area contributed by atoms with Crippen LogP contribution in [0.2, 0.25) is 0 Å². The number of rotatable bonds is 1. The highest BCUT2D eigenvalue weighted by atomic mass is 79.9. The van der Waals surface area contributed by atoms with Crippen molar-refractivity contribution in [3.8, 4) is 0 Å². The van der Waals surface area contributed by atoms with Crippen molar-refractivity contribution in [3.63, 3.8) is 0 Å². The molecule has 0 N–H and O–H groups in total. The summed E-state index contributed by atoms with van der Waals surface area (Å²) in [5.41, 5.74) is 0.847. The maximum absolute atomic E-state index is 12.1. The van der Waals surface area contributed by atoms with Crippen LogP contribution >= 0.6 is 15.9 Å². The highest BCUT2D eigenvalue weighted by Crippen LogP contribution is 2.30. The van der Waals surface area contributed by atoms with Crippen molar-refractivity contribution in [3.05, 3.63) is 28.5 Å². The van der Waals surface area contributed by atoms with Crippen LogP contribution in [0.1, 0.15) is 11.5 Å². The molecule has 0 unspecified atom stereocenters. The maximum atomic E-state index is 12.1. The quantitative estimate of drug-likeness (QED) is 0.746. The van der Waals surface area contributed by atoms with Gasteiger partial charge >= 0.3 is 12.1 Å². The summed E-state index contributed by atoms with van der Waals surface area (Å²) in [4.78, 5) is 15.6. The van der Waals surface area contributed by atoms with Gasteiger partial charge in [-0.1, -0.05) is 6.07 Å². The Hall–Kier alpha value is -1.11. The molecule has 0 aromatic carbocycles. The van der Waals surface area contributed by atoms with Crippen LogP contribution in [0.3, 0.4) is 0 Å². The minimum atomic E-state index is -4.77. The fraction of sp³-hybridized carbons (Fsp3) is 0.400. The zero-order chi connectivity index (χ0) is 12.6. The van der Waals surface area contributed by atoms with Crippen molar-refractivity contribution in [2.45, 2.75) is 12.1 Å². The molecule has 1 saturated heterocycles. The molecule has 0 bridgehead atoms. The zero-order valence-corrected chi connectivity index (χ0v) is 10.1. The Morgan fingerprint density at radius 1 is 1.41 bits per heavy atom. The fourth-order valence-electron chi connectivity index (χ4n) is 1.66. The van der Waals surface area contributed by atoms with E-state index in [9.17, 15) is 18.0 Å². The van der Waals surface area contributed by atoms with Crippen molar-refractivity contribution in [1.29, 1.82) is 0 Å². The van der Waals surface area contributed by atoms with Gasteiger partial charge in [0.1, 0.15) is 4.60 Å². The topological polar surface area (TPSA) is 33.2 Å². The van der Waals surface area contributed by atoms with Gasteiger partial charge in [0, 0.05) is 25.2 Å². The summed E-state index contributed by atoms with van der Waals surface area (Å²) >= 11 is 3.17. The van der Waals surface area contributed by atoms with E-state index in [1.165, 1.54) is 0 Å². The summed E-state index contributed by atoms with van der Waals surface area (Å²) in [5, 5.41) is 0. The first-order chi connectivity index (χ1) is 7.88. The van der Waals surface area contributed by atoms with Gasteiger partial charge in [-0.15, -0.1) is 0 Å². The van der Waals surface area contributed by atoms with Gasteiger partial charge in [-0.25, -0.2) is 4.98 Å². The van der Waals surface area contributed by atoms with Crippen LogP contribution in [0.5, 0.6) is 0 Å². The molecular weight excluding hydrogens is 301 g/mol. The Balaban J connectivity index is 1.95. The number of halogens is 4. The van der Waals surface area contributed by atoms with Crippen LogP contribution in [-0.4, -0.2) is 35.1 Å². The lowest BCUT2D eigenvalue weighted by atomic mass is 9.93. The summed E-state index contributed by atoms with van der Waals surface area (Å²) in [6.45, 7) is 0.198. The van der Waals surface area contributed by atoms with E-state index >= 15 is 0 Å². The van der Waals surface area contributed by atoms with Gasteiger partial charge in [0.25, 0.3) is 0 Å². The second-order valence-corrected chi connectivity index (χ2v) is 4.63. The van der Waals surface area contributed by atoms with Crippen molar-refractivity contribution < 1.29 is 18.0 Å². The van der Waals surface area contributed by atoms with Crippen LogP contribution in [-0.2, 0) is 4.79 Å². The molecule has 2 rings (SSSR count). The number of carbonyl (C=O) groups is 1. The number of likely N-dealkylation sites (tertiary alicyclic amines) is 1. The third-order valence-electron chi connectivity index (χ3n) is 2.63. The van der Waals surface area contributed by atoms with Crippen LogP contribution < -0.4 is 0 Å². The predicted molar refractivity (Wildman–Crippen MR) is 57.3 cm³/mol. The summed E-state index contributed by atoms with van der Waals surface area (Å²) in [6.07, 6.45) is -3.17. The van der Waals surface area contributed by atoms with E-state index in [0.29, 0.717) is 4.60 Å². The molecule has 0 aliphatic carbocycles. The van der Waals surface area contributed by atoms with Crippen molar-refractivity contribution in [2.75, 3.05) is 13.1 Å². The summed E-state index contributed by atoms with van der Waals surface area (Å²) in [6, 6.07) is 3.51. The molecule has 0 radical (unpaired) electrons. The monoisotopic (exact) mass is 308 g/mol. The largest absolute Gasteiger partial charge is 0.471 e. The van der Waals surface area contributed by atoms with Gasteiger partial charge in [-0.3, -0.25) is 4.79 Å². The molecular formula is C10H8BrF3N2O. The number of hydrogen-bond acceptors (Lipinski definition) is 2. The fourth-order valence-corrected chi connectivity index (χ4v) is 1.90. The standard InChI is InChI=1S/C10H8BrF3N2O/c11-8-2-1-6(3-15-8)7-4-16(5-7)9(17)10(12,13)14/h1-3,7H,4-5H2.